The fourth-order valence-corrected chi connectivity index (χ4v) is 2.29. The van der Waals surface area contributed by atoms with Crippen LogP contribution in [-0.2, 0) is 11.3 Å². The van der Waals surface area contributed by atoms with Gasteiger partial charge in [0.15, 0.2) is 5.82 Å². The van der Waals surface area contributed by atoms with Gasteiger partial charge >= 0.3 is 6.01 Å². The fourth-order valence-electron chi connectivity index (χ4n) is 2.29. The van der Waals surface area contributed by atoms with Gasteiger partial charge < -0.3 is 14.2 Å². The molecule has 2 aromatic rings. The number of ether oxygens (including phenoxy) is 1. The molecule has 0 aromatic carbocycles. The topological polar surface area (TPSA) is 60.2 Å². The predicted octanol–water partition coefficient (Wildman–Crippen LogP) is 1.10. The molecule has 1 aliphatic rings. The molecule has 0 aliphatic carbocycles. The standard InChI is InChI=1S/C14H15FN4O2/c15-11-7-16-14(17-8-11)21-12-3-6-19(9-12)13(20)10-18-4-1-2-5-18/h1-2,4-5,7-8,12H,3,6,9-10H2. The monoisotopic (exact) mass is 290 g/mol. The first-order valence-corrected chi connectivity index (χ1v) is 6.73. The molecule has 7 heteroatoms. The van der Waals surface area contributed by atoms with Crippen LogP contribution in [0.2, 0.25) is 0 Å². The summed E-state index contributed by atoms with van der Waals surface area (Å²) >= 11 is 0. The molecule has 6 nitrogen and oxygen atoms in total. The third-order valence-electron chi connectivity index (χ3n) is 3.35. The van der Waals surface area contributed by atoms with Gasteiger partial charge in [-0.05, 0) is 12.1 Å². The Kier molecular flexibility index (Phi) is 3.81. The number of amides is 1. The van der Waals surface area contributed by atoms with E-state index in [1.54, 1.807) is 4.90 Å². The number of carbonyl (C=O) groups is 1. The van der Waals surface area contributed by atoms with E-state index >= 15 is 0 Å². The number of halogens is 1. The van der Waals surface area contributed by atoms with Crippen molar-refractivity contribution in [1.29, 1.82) is 0 Å². The molecule has 21 heavy (non-hydrogen) atoms. The second-order valence-electron chi connectivity index (χ2n) is 4.91. The van der Waals surface area contributed by atoms with Crippen molar-refractivity contribution in [1.82, 2.24) is 19.4 Å². The van der Waals surface area contributed by atoms with Crippen LogP contribution in [0.15, 0.2) is 36.9 Å². The van der Waals surface area contributed by atoms with Gasteiger partial charge in [0, 0.05) is 25.4 Å². The summed E-state index contributed by atoms with van der Waals surface area (Å²) in [6, 6.07) is 3.91. The molecule has 1 saturated heterocycles. The Hall–Kier alpha value is -2.44. The maximum Gasteiger partial charge on any atom is 0.316 e. The highest BCUT2D eigenvalue weighted by Crippen LogP contribution is 2.15. The molecule has 0 bridgehead atoms. The van der Waals surface area contributed by atoms with Crippen LogP contribution in [0.25, 0.3) is 0 Å². The lowest BCUT2D eigenvalue weighted by atomic mass is 10.3. The molecular formula is C14H15FN4O2. The lowest BCUT2D eigenvalue weighted by molar-refractivity contribution is -0.131. The van der Waals surface area contributed by atoms with Crippen LogP contribution in [0.3, 0.4) is 0 Å². The van der Waals surface area contributed by atoms with Gasteiger partial charge in [-0.25, -0.2) is 14.4 Å². The van der Waals surface area contributed by atoms with Crippen molar-refractivity contribution in [3.63, 3.8) is 0 Å². The number of carbonyl (C=O) groups excluding carboxylic acids is 1. The molecule has 110 valence electrons. The molecule has 0 radical (unpaired) electrons. The summed E-state index contributed by atoms with van der Waals surface area (Å²) < 4.78 is 20.1. The zero-order chi connectivity index (χ0) is 14.7. The predicted molar refractivity (Wildman–Crippen MR) is 72.0 cm³/mol. The van der Waals surface area contributed by atoms with E-state index in [-0.39, 0.29) is 18.0 Å². The van der Waals surface area contributed by atoms with Crippen LogP contribution >= 0.6 is 0 Å². The molecule has 3 rings (SSSR count). The molecule has 1 unspecified atom stereocenters. The molecule has 0 spiro atoms. The summed E-state index contributed by atoms with van der Waals surface area (Å²) in [6.07, 6.45) is 6.41. The van der Waals surface area contributed by atoms with Crippen LogP contribution in [-0.4, -0.2) is 44.5 Å². The van der Waals surface area contributed by atoms with Crippen molar-refractivity contribution in [3.05, 3.63) is 42.7 Å². The van der Waals surface area contributed by atoms with Crippen LogP contribution in [0.5, 0.6) is 6.01 Å². The van der Waals surface area contributed by atoms with Gasteiger partial charge in [0.2, 0.25) is 5.91 Å². The van der Waals surface area contributed by atoms with Gasteiger partial charge in [0.1, 0.15) is 12.6 Å². The zero-order valence-electron chi connectivity index (χ0n) is 11.4. The van der Waals surface area contributed by atoms with Crippen molar-refractivity contribution in [2.24, 2.45) is 0 Å². The minimum atomic E-state index is -0.503. The molecule has 0 N–H and O–H groups in total. The van der Waals surface area contributed by atoms with Crippen molar-refractivity contribution in [2.45, 2.75) is 19.1 Å². The quantitative estimate of drug-likeness (QED) is 0.846. The highest BCUT2D eigenvalue weighted by Gasteiger charge is 2.28. The number of hydrogen-bond acceptors (Lipinski definition) is 4. The van der Waals surface area contributed by atoms with Gasteiger partial charge in [-0.3, -0.25) is 4.79 Å². The Morgan fingerprint density at radius 3 is 2.76 bits per heavy atom. The van der Waals surface area contributed by atoms with E-state index in [1.807, 2.05) is 29.1 Å². The lowest BCUT2D eigenvalue weighted by Crippen LogP contribution is -2.33. The maximum atomic E-state index is 12.7. The van der Waals surface area contributed by atoms with Crippen molar-refractivity contribution >= 4 is 5.91 Å². The van der Waals surface area contributed by atoms with Crippen LogP contribution in [0, 0.1) is 5.82 Å². The lowest BCUT2D eigenvalue weighted by Gasteiger charge is -2.17. The van der Waals surface area contributed by atoms with E-state index in [0.717, 1.165) is 18.8 Å². The summed E-state index contributed by atoms with van der Waals surface area (Å²) in [7, 11) is 0. The summed E-state index contributed by atoms with van der Waals surface area (Å²) in [5.41, 5.74) is 0. The van der Waals surface area contributed by atoms with Gasteiger partial charge in [-0.1, -0.05) is 0 Å². The van der Waals surface area contributed by atoms with Gasteiger partial charge in [-0.2, -0.15) is 0 Å². The highest BCUT2D eigenvalue weighted by atomic mass is 19.1. The molecule has 0 saturated carbocycles. The molecular weight excluding hydrogens is 275 g/mol. The number of rotatable bonds is 4. The van der Waals surface area contributed by atoms with E-state index < -0.39 is 5.82 Å². The van der Waals surface area contributed by atoms with Gasteiger partial charge in [0.05, 0.1) is 18.9 Å². The molecule has 1 atom stereocenters. The van der Waals surface area contributed by atoms with Crippen molar-refractivity contribution in [3.8, 4) is 6.01 Å². The van der Waals surface area contributed by atoms with Crippen molar-refractivity contribution in [2.75, 3.05) is 13.1 Å². The van der Waals surface area contributed by atoms with Crippen molar-refractivity contribution < 1.29 is 13.9 Å². The summed E-state index contributed by atoms with van der Waals surface area (Å²) in [5, 5.41) is 0. The van der Waals surface area contributed by atoms with Gasteiger partial charge in [-0.15, -0.1) is 0 Å². The Bertz CT molecular complexity index is 600. The minimum Gasteiger partial charge on any atom is -0.458 e. The first-order chi connectivity index (χ1) is 10.2. The number of nitrogens with zero attached hydrogens (tertiary/aromatic N) is 4. The Morgan fingerprint density at radius 2 is 2.05 bits per heavy atom. The van der Waals surface area contributed by atoms with Gasteiger partial charge in [0.25, 0.3) is 0 Å². The normalized spacial score (nSPS) is 18.0. The maximum absolute atomic E-state index is 12.7. The molecule has 1 fully saturated rings. The summed E-state index contributed by atoms with van der Waals surface area (Å²) in [6.45, 7) is 1.47. The van der Waals surface area contributed by atoms with E-state index in [4.69, 9.17) is 4.74 Å². The third kappa shape index (κ3) is 3.36. The minimum absolute atomic E-state index is 0.0531. The Labute approximate surface area is 121 Å². The average molecular weight is 290 g/mol. The first kappa shape index (κ1) is 13.5. The van der Waals surface area contributed by atoms with Crippen LogP contribution < -0.4 is 4.74 Å². The summed E-state index contributed by atoms with van der Waals surface area (Å²) in [4.78, 5) is 21.4. The third-order valence-corrected chi connectivity index (χ3v) is 3.35. The van der Waals surface area contributed by atoms with E-state index in [1.165, 1.54) is 0 Å². The largest absolute Gasteiger partial charge is 0.458 e. The number of aromatic nitrogens is 3. The summed E-state index contributed by atoms with van der Waals surface area (Å²) in [5.74, 6) is -0.449. The second kappa shape index (κ2) is 5.90. The number of hydrogen-bond donors (Lipinski definition) is 0. The molecule has 2 aromatic heterocycles. The molecule has 1 amide bonds. The zero-order valence-corrected chi connectivity index (χ0v) is 11.4. The fraction of sp³-hybridized carbons (Fsp3) is 0.357. The Balaban J connectivity index is 1.53. The molecule has 1 aliphatic heterocycles. The van der Waals surface area contributed by atoms with Crippen LogP contribution in [0.4, 0.5) is 4.39 Å². The SMILES string of the molecule is O=C(Cn1cccc1)N1CCC(Oc2ncc(F)cn2)C1. The Morgan fingerprint density at radius 1 is 1.33 bits per heavy atom. The second-order valence-corrected chi connectivity index (χ2v) is 4.91. The van der Waals surface area contributed by atoms with Crippen LogP contribution in [0.1, 0.15) is 6.42 Å². The highest BCUT2D eigenvalue weighted by molar-refractivity contribution is 5.76. The number of likely N-dealkylation sites (tertiary alicyclic amines) is 1. The van der Waals surface area contributed by atoms with E-state index in [9.17, 15) is 9.18 Å². The average Bonchev–Trinajstić information content (AvgIpc) is 3.13. The van der Waals surface area contributed by atoms with E-state index in [2.05, 4.69) is 9.97 Å². The van der Waals surface area contributed by atoms with E-state index in [0.29, 0.717) is 19.6 Å². The molecule has 3 heterocycles. The smallest absolute Gasteiger partial charge is 0.316 e. The first-order valence-electron chi connectivity index (χ1n) is 6.73.